The zero-order chi connectivity index (χ0) is 24.3. The number of fused-ring (bicyclic) bond motifs is 4. The number of nitrogens with zero attached hydrogens (tertiary/aromatic N) is 7. The molecule has 0 spiro atoms. The van der Waals surface area contributed by atoms with Gasteiger partial charge in [0.15, 0.2) is 11.3 Å². The van der Waals surface area contributed by atoms with Crippen molar-refractivity contribution >= 4 is 32.1 Å². The van der Waals surface area contributed by atoms with E-state index in [0.717, 1.165) is 29.6 Å². The van der Waals surface area contributed by atoms with Crippen LogP contribution in [0.1, 0.15) is 29.4 Å². The second-order valence-electron chi connectivity index (χ2n) is 8.63. The van der Waals surface area contributed by atoms with Crippen LogP contribution in [0.5, 0.6) is 6.01 Å². The molecular formula is C24H21N7O3S. The summed E-state index contributed by atoms with van der Waals surface area (Å²) in [6.07, 6.45) is 4.65. The molecule has 0 bridgehead atoms. The molecule has 0 N–H and O–H groups in total. The van der Waals surface area contributed by atoms with E-state index in [1.54, 1.807) is 43.6 Å². The van der Waals surface area contributed by atoms with Gasteiger partial charge in [-0.1, -0.05) is 17.7 Å². The first kappa shape index (κ1) is 21.4. The lowest BCUT2D eigenvalue weighted by Gasteiger charge is -2.26. The maximum atomic E-state index is 13.4. The van der Waals surface area contributed by atoms with Gasteiger partial charge < -0.3 is 4.74 Å². The molecule has 11 heteroatoms. The number of nitriles is 1. The Morgan fingerprint density at radius 3 is 2.74 bits per heavy atom. The Kier molecular flexibility index (Phi) is 4.69. The molecule has 6 rings (SSSR count). The van der Waals surface area contributed by atoms with Gasteiger partial charge in [-0.2, -0.15) is 15.3 Å². The molecule has 1 aromatic carbocycles. The number of ether oxygens (including phenoxy) is 1. The van der Waals surface area contributed by atoms with Crippen LogP contribution in [0.4, 0.5) is 0 Å². The molecule has 1 aliphatic heterocycles. The summed E-state index contributed by atoms with van der Waals surface area (Å²) in [4.78, 5) is 9.27. The van der Waals surface area contributed by atoms with Crippen LogP contribution >= 0.6 is 0 Å². The first-order valence-electron chi connectivity index (χ1n) is 11.1. The van der Waals surface area contributed by atoms with Crippen LogP contribution in [-0.2, 0) is 23.0 Å². The van der Waals surface area contributed by atoms with E-state index in [4.69, 9.17) is 4.74 Å². The van der Waals surface area contributed by atoms with Crippen LogP contribution in [-0.4, -0.2) is 43.8 Å². The third-order valence-corrected chi connectivity index (χ3v) is 8.20. The fourth-order valence-electron chi connectivity index (χ4n) is 4.81. The van der Waals surface area contributed by atoms with Gasteiger partial charge in [0.1, 0.15) is 11.6 Å². The number of benzene rings is 1. The lowest BCUT2D eigenvalue weighted by atomic mass is 10.0. The number of methoxy groups -OCH3 is 1. The van der Waals surface area contributed by atoms with Gasteiger partial charge >= 0.3 is 0 Å². The third kappa shape index (κ3) is 3.21. The average Bonchev–Trinajstić information content (AvgIpc) is 3.57. The van der Waals surface area contributed by atoms with Crippen LogP contribution < -0.4 is 4.74 Å². The van der Waals surface area contributed by atoms with E-state index in [9.17, 15) is 13.7 Å². The molecule has 4 aromatic heterocycles. The first-order chi connectivity index (χ1) is 16.9. The number of imidazole rings is 1. The van der Waals surface area contributed by atoms with Crippen molar-refractivity contribution < 1.29 is 13.2 Å². The van der Waals surface area contributed by atoms with Crippen LogP contribution in [0, 0.1) is 18.3 Å². The molecule has 10 nitrogen and oxygen atoms in total. The second kappa shape index (κ2) is 7.68. The van der Waals surface area contributed by atoms with Gasteiger partial charge in [-0.15, -0.1) is 0 Å². The third-order valence-electron chi connectivity index (χ3n) is 6.52. The Balaban J connectivity index is 1.52. The highest BCUT2D eigenvalue weighted by molar-refractivity contribution is 7.90. The molecule has 5 aromatic rings. The SMILES string of the molecule is COc1nc2cnc3c(ccn3S(=O)(=O)c3ccc(C)cc3)c2n1[C@H]1CCc2cc(C#N)nn2C1. The summed E-state index contributed by atoms with van der Waals surface area (Å²) in [6.45, 7) is 2.46. The first-order valence-corrected chi connectivity index (χ1v) is 12.6. The van der Waals surface area contributed by atoms with Crippen molar-refractivity contribution in [3.63, 3.8) is 0 Å². The van der Waals surface area contributed by atoms with E-state index < -0.39 is 10.0 Å². The Bertz CT molecular complexity index is 1750. The molecule has 0 saturated carbocycles. The molecule has 5 heterocycles. The summed E-state index contributed by atoms with van der Waals surface area (Å²) in [5.41, 5.74) is 4.09. The van der Waals surface area contributed by atoms with E-state index in [1.807, 2.05) is 22.2 Å². The maximum Gasteiger partial charge on any atom is 0.297 e. The summed E-state index contributed by atoms with van der Waals surface area (Å²) in [7, 11) is -2.27. The highest BCUT2D eigenvalue weighted by atomic mass is 32.2. The van der Waals surface area contributed by atoms with Crippen molar-refractivity contribution in [3.05, 3.63) is 65.7 Å². The predicted octanol–water partition coefficient (Wildman–Crippen LogP) is 3.20. The largest absolute Gasteiger partial charge is 0.468 e. The zero-order valence-corrected chi connectivity index (χ0v) is 19.9. The van der Waals surface area contributed by atoms with Gasteiger partial charge in [0.2, 0.25) is 0 Å². The maximum absolute atomic E-state index is 13.4. The predicted molar refractivity (Wildman–Crippen MR) is 128 cm³/mol. The van der Waals surface area contributed by atoms with E-state index in [2.05, 4.69) is 21.1 Å². The Hall–Kier alpha value is -4.17. The molecule has 0 fully saturated rings. The van der Waals surface area contributed by atoms with Gasteiger partial charge in [-0.25, -0.2) is 17.4 Å². The second-order valence-corrected chi connectivity index (χ2v) is 10.4. The molecule has 0 radical (unpaired) electrons. The molecule has 1 aliphatic rings. The van der Waals surface area contributed by atoms with Crippen molar-refractivity contribution in [1.82, 2.24) is 28.3 Å². The topological polar surface area (TPSA) is 121 Å². The molecule has 1 atom stereocenters. The molecular weight excluding hydrogens is 466 g/mol. The quantitative estimate of drug-likeness (QED) is 0.382. The number of aryl methyl sites for hydroxylation is 2. The zero-order valence-electron chi connectivity index (χ0n) is 19.1. The number of pyridine rings is 1. The fourth-order valence-corrected chi connectivity index (χ4v) is 6.11. The summed E-state index contributed by atoms with van der Waals surface area (Å²) >= 11 is 0. The van der Waals surface area contributed by atoms with E-state index in [1.165, 1.54) is 10.2 Å². The molecule has 0 aliphatic carbocycles. The number of hydrogen-bond donors (Lipinski definition) is 0. The van der Waals surface area contributed by atoms with Crippen molar-refractivity contribution in [1.29, 1.82) is 5.26 Å². The lowest BCUT2D eigenvalue weighted by molar-refractivity contribution is 0.294. The van der Waals surface area contributed by atoms with Gasteiger partial charge in [0.25, 0.3) is 16.0 Å². The van der Waals surface area contributed by atoms with Crippen LogP contribution in [0.3, 0.4) is 0 Å². The number of hydrogen-bond acceptors (Lipinski definition) is 7. The lowest BCUT2D eigenvalue weighted by Crippen LogP contribution is -2.24. The van der Waals surface area contributed by atoms with Gasteiger partial charge in [-0.05, 0) is 44.0 Å². The molecule has 35 heavy (non-hydrogen) atoms. The van der Waals surface area contributed by atoms with Gasteiger partial charge in [0, 0.05) is 17.3 Å². The Morgan fingerprint density at radius 1 is 1.20 bits per heavy atom. The molecule has 0 saturated heterocycles. The Labute approximate surface area is 201 Å². The Morgan fingerprint density at radius 2 is 2.00 bits per heavy atom. The monoisotopic (exact) mass is 487 g/mol. The highest BCUT2D eigenvalue weighted by Crippen LogP contribution is 2.36. The van der Waals surface area contributed by atoms with Crippen molar-refractivity contribution in [3.8, 4) is 12.1 Å². The van der Waals surface area contributed by atoms with Crippen LogP contribution in [0.15, 0.2) is 53.7 Å². The minimum absolute atomic E-state index is 0.0449. The van der Waals surface area contributed by atoms with Crippen molar-refractivity contribution in [2.45, 2.75) is 37.2 Å². The number of rotatable bonds is 4. The minimum atomic E-state index is -3.84. The molecule has 0 amide bonds. The fraction of sp³-hybridized carbons (Fsp3) is 0.250. The highest BCUT2D eigenvalue weighted by Gasteiger charge is 2.29. The minimum Gasteiger partial charge on any atom is -0.468 e. The summed E-state index contributed by atoms with van der Waals surface area (Å²) < 4.78 is 37.5. The van der Waals surface area contributed by atoms with Crippen LogP contribution in [0.2, 0.25) is 0 Å². The van der Waals surface area contributed by atoms with Crippen molar-refractivity contribution in [2.75, 3.05) is 7.11 Å². The number of aromatic nitrogens is 6. The normalized spacial score (nSPS) is 15.9. The standard InChI is InChI=1S/C24H21N7O3S/c1-15-3-7-19(8-4-15)35(32,33)30-10-9-20-22-21(13-26-23(20)30)27-24(34-2)31(22)18-6-5-17-11-16(12-25)28-29(17)14-18/h3-4,7-11,13,18H,5-6,14H2,1-2H3/t18-/m0/s1. The molecule has 176 valence electrons. The van der Waals surface area contributed by atoms with E-state index in [0.29, 0.717) is 34.8 Å². The van der Waals surface area contributed by atoms with Crippen LogP contribution in [0.25, 0.3) is 22.1 Å². The van der Waals surface area contributed by atoms with Gasteiger partial charge in [-0.3, -0.25) is 9.25 Å². The van der Waals surface area contributed by atoms with Crippen molar-refractivity contribution in [2.24, 2.45) is 0 Å². The summed E-state index contributed by atoms with van der Waals surface area (Å²) in [5.74, 6) is 0. The van der Waals surface area contributed by atoms with Gasteiger partial charge in [0.05, 0.1) is 36.3 Å². The van der Waals surface area contributed by atoms with E-state index >= 15 is 0 Å². The summed E-state index contributed by atoms with van der Waals surface area (Å²) in [6, 6.07) is 12.8. The average molecular weight is 488 g/mol. The smallest absolute Gasteiger partial charge is 0.297 e. The summed E-state index contributed by atoms with van der Waals surface area (Å²) in [5, 5.41) is 14.3. The molecule has 0 unspecified atom stereocenters. The van der Waals surface area contributed by atoms with E-state index in [-0.39, 0.29) is 10.9 Å².